The van der Waals surface area contributed by atoms with Crippen LogP contribution in [0.2, 0.25) is 0 Å². The van der Waals surface area contributed by atoms with Crippen molar-refractivity contribution in [1.82, 2.24) is 9.57 Å². The van der Waals surface area contributed by atoms with Crippen LogP contribution in [0.1, 0.15) is 19.8 Å². The van der Waals surface area contributed by atoms with E-state index in [0.717, 1.165) is 45.6 Å². The molecule has 0 spiro atoms. The van der Waals surface area contributed by atoms with Gasteiger partial charge in [-0.1, -0.05) is 0 Å². The average Bonchev–Trinajstić information content (AvgIpc) is 2.36. The predicted molar refractivity (Wildman–Crippen MR) is 79.4 cm³/mol. The van der Waals surface area contributed by atoms with Gasteiger partial charge in [0.1, 0.15) is 0 Å². The van der Waals surface area contributed by atoms with E-state index in [0.29, 0.717) is 12.1 Å². The molecule has 2 fully saturated rings. The molecule has 3 unspecified atom stereocenters. The normalized spacial score (nSPS) is 34.0. The molecule has 2 heterocycles. The Balaban J connectivity index is 1.81. The van der Waals surface area contributed by atoms with Crippen molar-refractivity contribution in [3.05, 3.63) is 0 Å². The molecule has 2 N–H and O–H groups in total. The fourth-order valence-electron chi connectivity index (χ4n) is 2.92. The molecule has 118 valence electrons. The molecule has 2 rings (SSSR count). The molecule has 2 aliphatic rings. The average molecular weight is 473 g/mol. The molecular formula is C13H28N3O2PW. The van der Waals surface area contributed by atoms with Gasteiger partial charge in [-0.05, 0) is 0 Å². The summed E-state index contributed by atoms with van der Waals surface area (Å²) in [6.07, 6.45) is 2.73. The zero-order valence-electron chi connectivity index (χ0n) is 12.8. The van der Waals surface area contributed by atoms with Crippen molar-refractivity contribution in [1.29, 1.82) is 0 Å². The van der Waals surface area contributed by atoms with Crippen molar-refractivity contribution in [2.24, 2.45) is 5.73 Å². The van der Waals surface area contributed by atoms with Crippen molar-refractivity contribution < 1.29 is 28.1 Å². The summed E-state index contributed by atoms with van der Waals surface area (Å²) in [6, 6.07) is 0.387. The molecule has 0 radical (unpaired) electrons. The SMILES string of the molecule is CC1CN(C)CC(CO[P](C)(=[W])N2CCC(N)CC2)O1. The maximum atomic E-state index is 6.32. The number of likely N-dealkylation sites (N-methyl/N-ethyl adjacent to an activating group) is 1. The monoisotopic (exact) mass is 473 g/mol. The summed E-state index contributed by atoms with van der Waals surface area (Å²) in [5.41, 5.74) is 5.99. The van der Waals surface area contributed by atoms with E-state index in [1.165, 1.54) is 0 Å². The number of hydrogen-bond donors (Lipinski definition) is 1. The molecule has 3 atom stereocenters. The van der Waals surface area contributed by atoms with Crippen molar-refractivity contribution in [2.45, 2.75) is 38.0 Å². The topological polar surface area (TPSA) is 51.0 Å². The molecule has 0 aromatic carbocycles. The minimum absolute atomic E-state index is 0.217. The number of nitrogens with zero attached hydrogens (tertiary/aromatic N) is 2. The van der Waals surface area contributed by atoms with Gasteiger partial charge in [-0.2, -0.15) is 0 Å². The Kier molecular flexibility index (Phi) is 6.44. The Labute approximate surface area is 133 Å². The van der Waals surface area contributed by atoms with Crippen LogP contribution in [0.5, 0.6) is 0 Å². The summed E-state index contributed by atoms with van der Waals surface area (Å²) in [4.78, 5) is 2.33. The third-order valence-corrected chi connectivity index (χ3v) is 9.72. The van der Waals surface area contributed by atoms with E-state index >= 15 is 0 Å². The van der Waals surface area contributed by atoms with Crippen molar-refractivity contribution in [3.63, 3.8) is 0 Å². The first kappa shape index (κ1) is 17.3. The van der Waals surface area contributed by atoms with Gasteiger partial charge in [0.05, 0.1) is 0 Å². The minimum atomic E-state index is -1.39. The molecule has 7 heteroatoms. The number of rotatable bonds is 4. The van der Waals surface area contributed by atoms with Crippen molar-refractivity contribution in [2.75, 3.05) is 46.5 Å². The quantitative estimate of drug-likeness (QED) is 0.620. The van der Waals surface area contributed by atoms with Crippen molar-refractivity contribution >= 4 is 5.27 Å². The van der Waals surface area contributed by atoms with Gasteiger partial charge in [0.15, 0.2) is 0 Å². The maximum absolute atomic E-state index is 6.32. The Hall–Kier alpha value is 0.918. The van der Waals surface area contributed by atoms with Gasteiger partial charge in [0.2, 0.25) is 0 Å². The van der Waals surface area contributed by atoms with Crippen LogP contribution in [0.3, 0.4) is 0 Å². The third-order valence-electron chi connectivity index (χ3n) is 4.04. The first-order valence-corrected chi connectivity index (χ1v) is 13.4. The molecule has 20 heavy (non-hydrogen) atoms. The number of morpholine rings is 1. The van der Waals surface area contributed by atoms with Crippen LogP contribution >= 0.6 is 5.27 Å². The molecule has 0 aromatic rings. The van der Waals surface area contributed by atoms with E-state index in [-0.39, 0.29) is 6.10 Å². The van der Waals surface area contributed by atoms with Crippen LogP contribution in [-0.2, 0) is 28.1 Å². The van der Waals surface area contributed by atoms with E-state index in [1.54, 1.807) is 18.8 Å². The molecule has 5 nitrogen and oxygen atoms in total. The second kappa shape index (κ2) is 7.46. The van der Waals surface area contributed by atoms with Gasteiger partial charge in [-0.25, -0.2) is 0 Å². The van der Waals surface area contributed by atoms with Crippen LogP contribution < -0.4 is 5.73 Å². The Bertz CT molecular complexity index is 354. The molecule has 0 aromatic heterocycles. The summed E-state index contributed by atoms with van der Waals surface area (Å²) < 4.78 is 14.8. The molecule has 0 saturated carbocycles. The van der Waals surface area contributed by atoms with Crippen LogP contribution in [0, 0.1) is 0 Å². The second-order valence-electron chi connectivity index (χ2n) is 6.18. The van der Waals surface area contributed by atoms with Crippen molar-refractivity contribution in [3.8, 4) is 0 Å². The van der Waals surface area contributed by atoms with Gasteiger partial charge < -0.3 is 0 Å². The van der Waals surface area contributed by atoms with Crippen LogP contribution in [-0.4, -0.2) is 74.3 Å². The van der Waals surface area contributed by atoms with E-state index in [9.17, 15) is 0 Å². The van der Waals surface area contributed by atoms with Crippen LogP contribution in [0.4, 0.5) is 0 Å². The predicted octanol–water partition coefficient (Wildman–Crippen LogP) is 1.08. The summed E-state index contributed by atoms with van der Waals surface area (Å²) >= 11 is 1.57. The summed E-state index contributed by atoms with van der Waals surface area (Å²) in [5, 5.41) is -1.39. The molecule has 0 amide bonds. The Morgan fingerprint density at radius 1 is 1.35 bits per heavy atom. The van der Waals surface area contributed by atoms with Gasteiger partial charge in [-0.15, -0.1) is 0 Å². The van der Waals surface area contributed by atoms with Gasteiger partial charge in [0.25, 0.3) is 0 Å². The Morgan fingerprint density at radius 2 is 2.00 bits per heavy atom. The molecule has 0 aliphatic carbocycles. The zero-order chi connectivity index (χ0) is 14.8. The van der Waals surface area contributed by atoms with E-state index in [1.807, 2.05) is 0 Å². The first-order chi connectivity index (χ1) is 9.37. The summed E-state index contributed by atoms with van der Waals surface area (Å²) in [6.45, 7) is 9.35. The zero-order valence-corrected chi connectivity index (χ0v) is 16.7. The molecule has 0 bridgehead atoms. The van der Waals surface area contributed by atoms with Gasteiger partial charge in [0, 0.05) is 0 Å². The molecular weight excluding hydrogens is 445 g/mol. The fourth-order valence-corrected chi connectivity index (χ4v) is 6.90. The molecule has 2 aliphatic heterocycles. The van der Waals surface area contributed by atoms with Gasteiger partial charge in [-0.3, -0.25) is 0 Å². The molecule has 2 saturated heterocycles. The third kappa shape index (κ3) is 4.98. The van der Waals surface area contributed by atoms with Gasteiger partial charge >= 0.3 is 133 Å². The summed E-state index contributed by atoms with van der Waals surface area (Å²) in [7, 11) is 2.16. The summed E-state index contributed by atoms with van der Waals surface area (Å²) in [5.74, 6) is 0. The fraction of sp³-hybridized carbons (Fsp3) is 1.00. The number of ether oxygens (including phenoxy) is 1. The van der Waals surface area contributed by atoms with E-state index in [2.05, 4.69) is 30.2 Å². The number of nitrogens with two attached hydrogens (primary N) is 1. The van der Waals surface area contributed by atoms with Crippen LogP contribution in [0.15, 0.2) is 0 Å². The van der Waals surface area contributed by atoms with E-state index in [4.69, 9.17) is 15.0 Å². The number of hydrogen-bond acceptors (Lipinski definition) is 5. The first-order valence-electron chi connectivity index (χ1n) is 7.44. The van der Waals surface area contributed by atoms with E-state index < -0.39 is 5.27 Å². The van der Waals surface area contributed by atoms with Crippen LogP contribution in [0.25, 0.3) is 0 Å². The Morgan fingerprint density at radius 3 is 2.60 bits per heavy atom. The standard InChI is InChI=1S/C13H28N3O2P.W/c1-11-8-15(2)9-13(18-11)10-17-19(3)16-6-4-12(14)5-7-16;/h11-13H,4-10,14H2,1-3H3;. The number of piperidine rings is 1. The second-order valence-corrected chi connectivity index (χ2v) is 15.9.